The number of hydrogen-bond donors (Lipinski definition) is 1. The molecule has 1 N–H and O–H groups in total. The van der Waals surface area contributed by atoms with E-state index in [-0.39, 0.29) is 5.91 Å². The van der Waals surface area contributed by atoms with Gasteiger partial charge in [-0.15, -0.1) is 0 Å². The molecule has 0 aliphatic rings. The molecule has 2 aromatic carbocycles. The van der Waals surface area contributed by atoms with Crippen LogP contribution in [0.4, 0.5) is 0 Å². The van der Waals surface area contributed by atoms with E-state index in [4.69, 9.17) is 39.5 Å². The van der Waals surface area contributed by atoms with Crippen molar-refractivity contribution in [3.8, 4) is 5.75 Å². The van der Waals surface area contributed by atoms with Gasteiger partial charge in [0.25, 0.3) is 0 Å². The third kappa shape index (κ3) is 6.30. The Hall–Kier alpha value is -1.42. The third-order valence-corrected chi connectivity index (χ3v) is 3.84. The van der Waals surface area contributed by atoms with Crippen LogP contribution < -0.4 is 10.1 Å². The molecule has 0 aliphatic heterocycles. The van der Waals surface area contributed by atoms with Gasteiger partial charge in [0.1, 0.15) is 5.75 Å². The van der Waals surface area contributed by atoms with E-state index in [0.29, 0.717) is 46.8 Å². The molecule has 122 valence electrons. The molecule has 2 rings (SSSR count). The summed E-state index contributed by atoms with van der Waals surface area (Å²) in [5.74, 6) is 0.534. The largest absolute Gasteiger partial charge is 0.492 e. The number of nitrogens with one attached hydrogen (secondary N) is 1. The molecule has 1 amide bonds. The normalized spacial score (nSPS) is 10.4. The Kier molecular flexibility index (Phi) is 7.03. The molecular weight excluding hydrogens is 357 g/mol. The fraction of sp³-hybridized carbons (Fsp3) is 0.235. The molecule has 0 aliphatic carbocycles. The number of ether oxygens (including phenoxy) is 1. The Labute approximate surface area is 150 Å². The summed E-state index contributed by atoms with van der Waals surface area (Å²) in [7, 11) is 0. The van der Waals surface area contributed by atoms with Gasteiger partial charge < -0.3 is 10.1 Å². The molecule has 23 heavy (non-hydrogen) atoms. The van der Waals surface area contributed by atoms with Crippen LogP contribution in [0.5, 0.6) is 5.75 Å². The Morgan fingerprint density at radius 3 is 2.57 bits per heavy atom. The van der Waals surface area contributed by atoms with E-state index in [9.17, 15) is 4.79 Å². The van der Waals surface area contributed by atoms with Crippen molar-refractivity contribution in [3.05, 3.63) is 63.1 Å². The summed E-state index contributed by atoms with van der Waals surface area (Å²) in [6.07, 6.45) is 0.978. The first-order chi connectivity index (χ1) is 11.0. The molecule has 0 fully saturated rings. The van der Waals surface area contributed by atoms with Gasteiger partial charge in [0.15, 0.2) is 0 Å². The summed E-state index contributed by atoms with van der Waals surface area (Å²) in [5, 5.41) is 4.52. The summed E-state index contributed by atoms with van der Waals surface area (Å²) in [4.78, 5) is 11.8. The summed E-state index contributed by atoms with van der Waals surface area (Å²) in [5.41, 5.74) is 0.968. The van der Waals surface area contributed by atoms with Gasteiger partial charge in [-0.3, -0.25) is 4.79 Å². The van der Waals surface area contributed by atoms with Gasteiger partial charge in [-0.1, -0.05) is 46.9 Å². The summed E-state index contributed by atoms with van der Waals surface area (Å²) in [6, 6.07) is 12.4. The fourth-order valence-electron chi connectivity index (χ4n) is 1.94. The Balaban J connectivity index is 1.66. The summed E-state index contributed by atoms with van der Waals surface area (Å²) < 4.78 is 5.53. The van der Waals surface area contributed by atoms with Gasteiger partial charge in [-0.05, 0) is 42.3 Å². The van der Waals surface area contributed by atoms with Crippen molar-refractivity contribution in [1.82, 2.24) is 5.32 Å². The van der Waals surface area contributed by atoms with Gasteiger partial charge in [0.05, 0.1) is 11.6 Å². The quantitative estimate of drug-likeness (QED) is 0.685. The number of rotatable bonds is 7. The van der Waals surface area contributed by atoms with Crippen molar-refractivity contribution in [3.63, 3.8) is 0 Å². The van der Waals surface area contributed by atoms with Crippen molar-refractivity contribution in [2.75, 3.05) is 6.61 Å². The SMILES string of the molecule is O=C(CCCOc1ccc(Cl)cc1Cl)NCc1cccc(Cl)c1. The smallest absolute Gasteiger partial charge is 0.220 e. The van der Waals surface area contributed by atoms with E-state index in [2.05, 4.69) is 5.32 Å². The third-order valence-electron chi connectivity index (χ3n) is 3.08. The van der Waals surface area contributed by atoms with E-state index >= 15 is 0 Å². The van der Waals surface area contributed by atoms with E-state index in [1.165, 1.54) is 0 Å². The second-order valence-corrected chi connectivity index (χ2v) is 6.21. The fourth-order valence-corrected chi connectivity index (χ4v) is 2.62. The van der Waals surface area contributed by atoms with Crippen LogP contribution >= 0.6 is 34.8 Å². The lowest BCUT2D eigenvalue weighted by Gasteiger charge is -2.09. The second-order valence-electron chi connectivity index (χ2n) is 4.93. The van der Waals surface area contributed by atoms with Gasteiger partial charge in [-0.25, -0.2) is 0 Å². The molecule has 0 bridgehead atoms. The predicted molar refractivity (Wildman–Crippen MR) is 94.5 cm³/mol. The minimum absolute atomic E-state index is 0.0317. The molecule has 0 radical (unpaired) electrons. The summed E-state index contributed by atoms with van der Waals surface area (Å²) >= 11 is 17.7. The number of carbonyl (C=O) groups excluding carboxylic acids is 1. The maximum atomic E-state index is 11.8. The first-order valence-corrected chi connectivity index (χ1v) is 8.27. The van der Waals surface area contributed by atoms with Gasteiger partial charge in [-0.2, -0.15) is 0 Å². The summed E-state index contributed by atoms with van der Waals surface area (Å²) in [6.45, 7) is 0.870. The molecule has 2 aromatic rings. The molecule has 0 saturated carbocycles. The van der Waals surface area contributed by atoms with Crippen LogP contribution in [-0.4, -0.2) is 12.5 Å². The Morgan fingerprint density at radius 2 is 1.83 bits per heavy atom. The second kappa shape index (κ2) is 9.02. The van der Waals surface area contributed by atoms with Crippen LogP contribution in [0.1, 0.15) is 18.4 Å². The van der Waals surface area contributed by atoms with Crippen LogP contribution in [0.25, 0.3) is 0 Å². The molecule has 0 aromatic heterocycles. The van der Waals surface area contributed by atoms with Crippen molar-refractivity contribution >= 4 is 40.7 Å². The lowest BCUT2D eigenvalue weighted by molar-refractivity contribution is -0.121. The molecule has 0 saturated heterocycles. The Morgan fingerprint density at radius 1 is 1.04 bits per heavy atom. The molecule has 3 nitrogen and oxygen atoms in total. The van der Waals surface area contributed by atoms with Crippen molar-refractivity contribution in [2.24, 2.45) is 0 Å². The number of halogens is 3. The molecule has 0 spiro atoms. The molecule has 6 heteroatoms. The van der Waals surface area contributed by atoms with E-state index in [1.54, 1.807) is 24.3 Å². The lowest BCUT2D eigenvalue weighted by Crippen LogP contribution is -2.22. The zero-order valence-electron chi connectivity index (χ0n) is 12.3. The molecule has 0 heterocycles. The predicted octanol–water partition coefficient (Wildman–Crippen LogP) is 5.12. The molecule has 0 unspecified atom stereocenters. The number of amides is 1. The van der Waals surface area contributed by atoms with Crippen LogP contribution in [0.2, 0.25) is 15.1 Å². The zero-order chi connectivity index (χ0) is 16.7. The lowest BCUT2D eigenvalue weighted by atomic mass is 10.2. The van der Waals surface area contributed by atoms with Crippen LogP contribution in [0.15, 0.2) is 42.5 Å². The van der Waals surface area contributed by atoms with Gasteiger partial charge in [0, 0.05) is 23.0 Å². The number of carbonyl (C=O) groups is 1. The van der Waals surface area contributed by atoms with Crippen molar-refractivity contribution < 1.29 is 9.53 Å². The van der Waals surface area contributed by atoms with Gasteiger partial charge >= 0.3 is 0 Å². The van der Waals surface area contributed by atoms with Crippen molar-refractivity contribution in [1.29, 1.82) is 0 Å². The van der Waals surface area contributed by atoms with Crippen molar-refractivity contribution in [2.45, 2.75) is 19.4 Å². The Bertz CT molecular complexity index is 677. The van der Waals surface area contributed by atoms with Gasteiger partial charge in [0.2, 0.25) is 5.91 Å². The highest BCUT2D eigenvalue weighted by Gasteiger charge is 2.05. The van der Waals surface area contributed by atoms with E-state index < -0.39 is 0 Å². The zero-order valence-corrected chi connectivity index (χ0v) is 14.6. The average molecular weight is 373 g/mol. The first-order valence-electron chi connectivity index (χ1n) is 7.13. The highest BCUT2D eigenvalue weighted by Crippen LogP contribution is 2.27. The maximum absolute atomic E-state index is 11.8. The molecular formula is C17H16Cl3NO2. The van der Waals surface area contributed by atoms with Crippen LogP contribution in [0.3, 0.4) is 0 Å². The minimum Gasteiger partial charge on any atom is -0.492 e. The maximum Gasteiger partial charge on any atom is 0.220 e. The number of benzene rings is 2. The topological polar surface area (TPSA) is 38.3 Å². The standard InChI is InChI=1S/C17H16Cl3NO2/c18-13-4-1-3-12(9-13)11-21-17(22)5-2-8-23-16-7-6-14(19)10-15(16)20/h1,3-4,6-7,9-10H,2,5,8,11H2,(H,21,22). The monoisotopic (exact) mass is 371 g/mol. The van der Waals surface area contributed by atoms with E-state index in [1.807, 2.05) is 18.2 Å². The average Bonchev–Trinajstić information content (AvgIpc) is 2.51. The highest BCUT2D eigenvalue weighted by atomic mass is 35.5. The minimum atomic E-state index is -0.0317. The first kappa shape index (κ1) is 17.9. The van der Waals surface area contributed by atoms with Crippen LogP contribution in [0, 0.1) is 0 Å². The highest BCUT2D eigenvalue weighted by molar-refractivity contribution is 6.35. The number of hydrogen-bond acceptors (Lipinski definition) is 2. The van der Waals surface area contributed by atoms with Crippen LogP contribution in [-0.2, 0) is 11.3 Å². The molecule has 0 atom stereocenters. The van der Waals surface area contributed by atoms with E-state index in [0.717, 1.165) is 5.56 Å².